The fourth-order valence-electron chi connectivity index (χ4n) is 4.18. The van der Waals surface area contributed by atoms with Gasteiger partial charge in [0.15, 0.2) is 0 Å². The highest BCUT2D eigenvalue weighted by molar-refractivity contribution is 6.33. The molecule has 6 heteroatoms. The average Bonchev–Trinajstić information content (AvgIpc) is 2.78. The van der Waals surface area contributed by atoms with Crippen LogP contribution in [0.5, 0.6) is 0 Å². The van der Waals surface area contributed by atoms with Gasteiger partial charge in [0, 0.05) is 17.7 Å². The molecule has 0 unspecified atom stereocenters. The van der Waals surface area contributed by atoms with Gasteiger partial charge >= 0.3 is 0 Å². The number of halogens is 1. The molecule has 0 spiro atoms. The van der Waals surface area contributed by atoms with Gasteiger partial charge in [0.25, 0.3) is 5.56 Å². The van der Waals surface area contributed by atoms with Crippen LogP contribution in [0.25, 0.3) is 0 Å². The molecule has 150 valence electrons. The number of piperazine rings is 1. The number of hydrogen-bond acceptors (Lipinski definition) is 3. The Hall–Kier alpha value is -2.63. The fraction of sp³-hybridized carbons (Fsp3) is 0.304. The first kappa shape index (κ1) is 19.7. The first-order chi connectivity index (χ1) is 14.2. The summed E-state index contributed by atoms with van der Waals surface area (Å²) in [6, 6.07) is 21.7. The summed E-state index contributed by atoms with van der Waals surface area (Å²) in [5.41, 5.74) is 3.18. The lowest BCUT2D eigenvalue weighted by Crippen LogP contribution is -3.15. The predicted molar refractivity (Wildman–Crippen MR) is 117 cm³/mol. The molecule has 2 heterocycles. The average molecular weight is 410 g/mol. The van der Waals surface area contributed by atoms with Crippen molar-refractivity contribution in [1.29, 1.82) is 0 Å². The minimum atomic E-state index is -0.215. The maximum absolute atomic E-state index is 12.3. The van der Waals surface area contributed by atoms with E-state index in [0.29, 0.717) is 12.6 Å². The van der Waals surface area contributed by atoms with Crippen molar-refractivity contribution in [3.63, 3.8) is 0 Å². The largest absolute Gasteiger partial charge is 0.358 e. The second-order valence-electron chi connectivity index (χ2n) is 7.36. The Balaban J connectivity index is 1.56. The highest BCUT2D eigenvalue weighted by Gasteiger charge is 2.31. The Morgan fingerprint density at radius 2 is 1.55 bits per heavy atom. The smallest absolute Gasteiger partial charge is 0.287 e. The normalized spacial score (nSPS) is 15.1. The minimum Gasteiger partial charge on any atom is -0.358 e. The van der Waals surface area contributed by atoms with Gasteiger partial charge in [-0.15, -0.1) is 0 Å². The summed E-state index contributed by atoms with van der Waals surface area (Å²) >= 11 is 6.38. The highest BCUT2D eigenvalue weighted by atomic mass is 35.5. The van der Waals surface area contributed by atoms with Gasteiger partial charge in [-0.3, -0.25) is 4.79 Å². The van der Waals surface area contributed by atoms with Crippen LogP contribution in [0.15, 0.2) is 71.7 Å². The third-order valence-electron chi connectivity index (χ3n) is 5.69. The Morgan fingerprint density at radius 3 is 2.07 bits per heavy atom. The first-order valence-electron chi connectivity index (χ1n) is 10.1. The minimum absolute atomic E-state index is 0.215. The standard InChI is InChI=1S/C23H25ClN4O/c1-2-28-23(29)21(24)20(17-25-28)26-13-15-27(16-14-26)22(18-9-5-3-6-10-18)19-11-7-4-8-12-19/h3-12,17,22H,2,13-16H2,1H3/p+1. The van der Waals surface area contributed by atoms with Gasteiger partial charge in [0.1, 0.15) is 11.1 Å². The lowest BCUT2D eigenvalue weighted by Gasteiger charge is -2.38. The van der Waals surface area contributed by atoms with Crippen LogP contribution in [0.1, 0.15) is 24.1 Å². The van der Waals surface area contributed by atoms with Gasteiger partial charge in [0.05, 0.1) is 38.1 Å². The van der Waals surface area contributed by atoms with Gasteiger partial charge < -0.3 is 9.80 Å². The number of aryl methyl sites for hydroxylation is 1. The van der Waals surface area contributed by atoms with E-state index in [2.05, 4.69) is 70.7 Å². The van der Waals surface area contributed by atoms with Crippen molar-refractivity contribution in [3.05, 3.63) is 93.4 Å². The van der Waals surface area contributed by atoms with Crippen LogP contribution in [0.3, 0.4) is 0 Å². The number of aromatic nitrogens is 2. The van der Waals surface area contributed by atoms with E-state index in [1.54, 1.807) is 6.20 Å². The third kappa shape index (κ3) is 4.07. The predicted octanol–water partition coefficient (Wildman–Crippen LogP) is 2.41. The van der Waals surface area contributed by atoms with Crippen LogP contribution in [-0.4, -0.2) is 36.0 Å². The maximum Gasteiger partial charge on any atom is 0.287 e. The molecule has 29 heavy (non-hydrogen) atoms. The van der Waals surface area contributed by atoms with Crippen LogP contribution in [0, 0.1) is 0 Å². The van der Waals surface area contributed by atoms with E-state index in [4.69, 9.17) is 11.6 Å². The zero-order chi connectivity index (χ0) is 20.2. The molecule has 0 saturated carbocycles. The summed E-state index contributed by atoms with van der Waals surface area (Å²) in [5.74, 6) is 0. The van der Waals surface area contributed by atoms with Crippen LogP contribution in [0.4, 0.5) is 5.69 Å². The van der Waals surface area contributed by atoms with Gasteiger partial charge in [-0.1, -0.05) is 72.3 Å². The Labute approximate surface area is 176 Å². The molecule has 1 fully saturated rings. The van der Waals surface area contributed by atoms with E-state index in [1.807, 2.05) is 6.92 Å². The quantitative estimate of drug-likeness (QED) is 0.703. The van der Waals surface area contributed by atoms with Crippen LogP contribution in [-0.2, 0) is 6.54 Å². The van der Waals surface area contributed by atoms with Gasteiger partial charge in [-0.25, -0.2) is 4.68 Å². The molecule has 4 rings (SSSR count). The summed E-state index contributed by atoms with van der Waals surface area (Å²) in [7, 11) is 0. The van der Waals surface area contributed by atoms with Crippen molar-refractivity contribution in [2.45, 2.75) is 19.5 Å². The molecule has 1 aliphatic rings. The van der Waals surface area contributed by atoms with Gasteiger partial charge in [0.2, 0.25) is 0 Å². The lowest BCUT2D eigenvalue weighted by atomic mass is 9.96. The van der Waals surface area contributed by atoms with Gasteiger partial charge in [-0.2, -0.15) is 5.10 Å². The number of rotatable bonds is 5. The van der Waals surface area contributed by atoms with E-state index in [1.165, 1.54) is 20.7 Å². The molecule has 1 N–H and O–H groups in total. The number of benzene rings is 2. The zero-order valence-electron chi connectivity index (χ0n) is 16.6. The molecule has 1 aromatic heterocycles. The Morgan fingerprint density at radius 1 is 1.00 bits per heavy atom. The summed E-state index contributed by atoms with van der Waals surface area (Å²) in [6.07, 6.45) is 1.73. The second-order valence-corrected chi connectivity index (χ2v) is 7.74. The molecule has 0 bridgehead atoms. The van der Waals surface area contributed by atoms with Crippen LogP contribution < -0.4 is 15.4 Å². The molecular weight excluding hydrogens is 384 g/mol. The van der Waals surface area contributed by atoms with Crippen LogP contribution >= 0.6 is 11.6 Å². The molecule has 1 saturated heterocycles. The van der Waals surface area contributed by atoms with Crippen molar-refractivity contribution in [2.75, 3.05) is 31.1 Å². The summed E-state index contributed by atoms with van der Waals surface area (Å²) in [4.78, 5) is 16.0. The van der Waals surface area contributed by atoms with Crippen LogP contribution in [0.2, 0.25) is 5.02 Å². The second kappa shape index (κ2) is 8.80. The van der Waals surface area contributed by atoms with E-state index < -0.39 is 0 Å². The van der Waals surface area contributed by atoms with E-state index >= 15 is 0 Å². The molecule has 0 amide bonds. The summed E-state index contributed by atoms with van der Waals surface area (Å²) in [5, 5.41) is 4.52. The first-order valence-corrected chi connectivity index (χ1v) is 10.5. The molecule has 2 aromatic carbocycles. The van der Waals surface area contributed by atoms with E-state index in [-0.39, 0.29) is 10.6 Å². The van der Waals surface area contributed by atoms with Gasteiger partial charge in [-0.05, 0) is 6.92 Å². The monoisotopic (exact) mass is 409 g/mol. The van der Waals surface area contributed by atoms with Crippen molar-refractivity contribution >= 4 is 17.3 Å². The Kier molecular flexibility index (Phi) is 5.97. The van der Waals surface area contributed by atoms with Crippen molar-refractivity contribution in [1.82, 2.24) is 9.78 Å². The molecule has 5 nitrogen and oxygen atoms in total. The lowest BCUT2D eigenvalue weighted by molar-refractivity contribution is -0.926. The molecular formula is C23H26ClN4O+. The number of hydrogen-bond donors (Lipinski definition) is 1. The fourth-order valence-corrected chi connectivity index (χ4v) is 4.45. The van der Waals surface area contributed by atoms with Crippen molar-refractivity contribution < 1.29 is 4.90 Å². The third-order valence-corrected chi connectivity index (χ3v) is 6.04. The maximum atomic E-state index is 12.3. The number of nitrogens with zero attached hydrogens (tertiary/aromatic N) is 3. The summed E-state index contributed by atoms with van der Waals surface area (Å²) in [6.45, 7) is 6.00. The number of quaternary nitrogens is 1. The van der Waals surface area contributed by atoms with Crippen molar-refractivity contribution in [3.8, 4) is 0 Å². The topological polar surface area (TPSA) is 42.6 Å². The molecule has 0 atom stereocenters. The number of nitrogens with one attached hydrogen (secondary N) is 1. The molecule has 3 aromatic rings. The zero-order valence-corrected chi connectivity index (χ0v) is 17.3. The summed E-state index contributed by atoms with van der Waals surface area (Å²) < 4.78 is 1.40. The van der Waals surface area contributed by atoms with E-state index in [0.717, 1.165) is 31.9 Å². The molecule has 0 radical (unpaired) electrons. The molecule has 1 aliphatic heterocycles. The van der Waals surface area contributed by atoms with E-state index in [9.17, 15) is 4.79 Å². The number of anilines is 1. The SMILES string of the molecule is CCn1ncc(N2CC[NH+](C(c3ccccc3)c3ccccc3)CC2)c(Cl)c1=O. The highest BCUT2D eigenvalue weighted by Crippen LogP contribution is 2.23. The molecule has 0 aliphatic carbocycles. The Bertz CT molecular complexity index is 959. The van der Waals surface area contributed by atoms with Crippen molar-refractivity contribution in [2.24, 2.45) is 0 Å².